The number of ether oxygens (including phenoxy) is 1. The lowest BCUT2D eigenvalue weighted by Gasteiger charge is -2.19. The van der Waals surface area contributed by atoms with Crippen LogP contribution in [0.1, 0.15) is 20.8 Å². The van der Waals surface area contributed by atoms with Gasteiger partial charge in [-0.1, -0.05) is 0 Å². The minimum atomic E-state index is -0.674. The van der Waals surface area contributed by atoms with Crippen molar-refractivity contribution in [2.24, 2.45) is 4.99 Å². The van der Waals surface area contributed by atoms with Crippen molar-refractivity contribution in [1.82, 2.24) is 5.32 Å². The molecule has 1 N–H and O–H groups in total. The lowest BCUT2D eigenvalue weighted by Crippen LogP contribution is -2.35. The van der Waals surface area contributed by atoms with Gasteiger partial charge in [-0.15, -0.1) is 0 Å². The van der Waals surface area contributed by atoms with Crippen LogP contribution in [0.5, 0.6) is 0 Å². The molecule has 0 fully saturated rings. The number of carbonyl (C=O) groups is 1. The fourth-order valence-corrected chi connectivity index (χ4v) is 1.01. The second kappa shape index (κ2) is 4.30. The first-order valence-electron chi connectivity index (χ1n) is 4.67. The Balaban J connectivity index is 2.52. The third-order valence-corrected chi connectivity index (χ3v) is 1.58. The summed E-state index contributed by atoms with van der Waals surface area (Å²) in [5.41, 5.74) is -0.662. The average Bonchev–Trinajstić information content (AvgIpc) is 2.48. The molecule has 0 radical (unpaired) electrons. The summed E-state index contributed by atoms with van der Waals surface area (Å²) in [4.78, 5) is 24.9. The predicted octanol–water partition coefficient (Wildman–Crippen LogP) is 1.08. The van der Waals surface area contributed by atoms with E-state index in [0.717, 1.165) is 0 Å². The van der Waals surface area contributed by atoms with Crippen LogP contribution in [0.4, 0.5) is 4.79 Å². The highest BCUT2D eigenvalue weighted by Crippen LogP contribution is 2.08. The molecule has 1 aliphatic rings. The number of hydrogen-bond donors (Lipinski definition) is 1. The van der Waals surface area contributed by atoms with Crippen molar-refractivity contribution in [3.63, 3.8) is 0 Å². The highest BCUT2D eigenvalue weighted by molar-refractivity contribution is 6.03. The lowest BCUT2D eigenvalue weighted by molar-refractivity contribution is -0.424. The Morgan fingerprint density at radius 1 is 1.62 bits per heavy atom. The highest BCUT2D eigenvalue weighted by atomic mass is 16.6. The maximum Gasteiger partial charge on any atom is 0.413 e. The lowest BCUT2D eigenvalue weighted by atomic mass is 10.2. The maximum absolute atomic E-state index is 11.3. The Morgan fingerprint density at radius 2 is 2.25 bits per heavy atom. The molecule has 0 saturated heterocycles. The van der Waals surface area contributed by atoms with Gasteiger partial charge in [-0.25, -0.2) is 4.79 Å². The van der Waals surface area contributed by atoms with E-state index in [9.17, 15) is 14.9 Å². The molecule has 7 heteroatoms. The number of amidine groups is 1. The number of nitrogens with zero attached hydrogens (tertiary/aromatic N) is 2. The van der Waals surface area contributed by atoms with Gasteiger partial charge in [0.25, 0.3) is 5.70 Å². The summed E-state index contributed by atoms with van der Waals surface area (Å²) >= 11 is 0. The van der Waals surface area contributed by atoms with E-state index in [1.807, 2.05) is 0 Å². The molecule has 7 nitrogen and oxygen atoms in total. The zero-order chi connectivity index (χ0) is 12.3. The number of nitrogens with one attached hydrogen (secondary N) is 1. The van der Waals surface area contributed by atoms with Crippen LogP contribution in [0.3, 0.4) is 0 Å². The van der Waals surface area contributed by atoms with Gasteiger partial charge >= 0.3 is 6.09 Å². The van der Waals surface area contributed by atoms with Crippen LogP contribution in [-0.4, -0.2) is 29.0 Å². The summed E-state index contributed by atoms with van der Waals surface area (Å²) in [6.07, 6.45) is 0.538. The molecular formula is C9H13N3O4. The summed E-state index contributed by atoms with van der Waals surface area (Å²) in [6.45, 7) is 5.14. The standard InChI is InChI=1S/C9H13N3O4/c1-9(2,3)16-8(13)11-7-4-6(5-10-7)12(14)15/h4H,5H2,1-3H3,(H,10,11,13). The second-order valence-electron chi connectivity index (χ2n) is 4.22. The van der Waals surface area contributed by atoms with Gasteiger partial charge in [-0.3, -0.25) is 20.4 Å². The smallest absolute Gasteiger partial charge is 0.413 e. The summed E-state index contributed by atoms with van der Waals surface area (Å²) in [7, 11) is 0. The number of alkyl carbamates (subject to hydrolysis) is 1. The van der Waals surface area contributed by atoms with Crippen molar-refractivity contribution in [3.8, 4) is 0 Å². The van der Waals surface area contributed by atoms with Crippen LogP contribution in [0.2, 0.25) is 0 Å². The molecule has 0 bridgehead atoms. The molecule has 1 rings (SSSR count). The van der Waals surface area contributed by atoms with Crippen LogP contribution in [0, 0.1) is 10.1 Å². The van der Waals surface area contributed by atoms with Gasteiger partial charge in [0.1, 0.15) is 18.0 Å². The summed E-state index contributed by atoms with van der Waals surface area (Å²) in [5.74, 6) is 0.154. The van der Waals surface area contributed by atoms with Crippen molar-refractivity contribution in [2.45, 2.75) is 26.4 Å². The molecule has 0 aromatic rings. The topological polar surface area (TPSA) is 93.8 Å². The molecule has 0 atom stereocenters. The van der Waals surface area contributed by atoms with E-state index in [0.29, 0.717) is 0 Å². The van der Waals surface area contributed by atoms with E-state index in [-0.39, 0.29) is 18.1 Å². The number of hydrogen-bond acceptors (Lipinski definition) is 5. The van der Waals surface area contributed by atoms with E-state index in [1.165, 1.54) is 6.08 Å². The first-order valence-corrected chi connectivity index (χ1v) is 4.67. The van der Waals surface area contributed by atoms with E-state index >= 15 is 0 Å². The van der Waals surface area contributed by atoms with Crippen molar-refractivity contribution in [3.05, 3.63) is 21.9 Å². The van der Waals surface area contributed by atoms with E-state index in [4.69, 9.17) is 4.74 Å². The molecule has 16 heavy (non-hydrogen) atoms. The molecule has 0 aromatic heterocycles. The Morgan fingerprint density at radius 3 is 2.69 bits per heavy atom. The maximum atomic E-state index is 11.3. The Bertz CT molecular complexity index is 379. The molecule has 1 amide bonds. The third kappa shape index (κ3) is 3.68. The van der Waals surface area contributed by atoms with Crippen LogP contribution >= 0.6 is 0 Å². The zero-order valence-electron chi connectivity index (χ0n) is 9.31. The summed E-state index contributed by atoms with van der Waals surface area (Å²) in [5, 5.41) is 12.7. The van der Waals surface area contributed by atoms with Gasteiger partial charge in [-0.05, 0) is 20.8 Å². The third-order valence-electron chi connectivity index (χ3n) is 1.58. The minimum Gasteiger partial charge on any atom is -0.444 e. The van der Waals surface area contributed by atoms with Crippen molar-refractivity contribution in [1.29, 1.82) is 0 Å². The molecule has 0 spiro atoms. The van der Waals surface area contributed by atoms with Crippen molar-refractivity contribution in [2.75, 3.05) is 6.54 Å². The van der Waals surface area contributed by atoms with E-state index < -0.39 is 16.6 Å². The number of nitro groups is 1. The molecule has 0 unspecified atom stereocenters. The SMILES string of the molecule is CC(C)(C)OC(=O)NC1=NCC([N+](=O)[O-])=C1. The molecule has 0 saturated carbocycles. The molecular weight excluding hydrogens is 214 g/mol. The van der Waals surface area contributed by atoms with Gasteiger partial charge in [-0.2, -0.15) is 0 Å². The number of amides is 1. The van der Waals surface area contributed by atoms with Gasteiger partial charge in [0, 0.05) is 0 Å². The van der Waals surface area contributed by atoms with Crippen molar-refractivity contribution >= 4 is 11.9 Å². The van der Waals surface area contributed by atoms with E-state index in [1.54, 1.807) is 20.8 Å². The summed E-state index contributed by atoms with van der Waals surface area (Å²) < 4.78 is 4.97. The summed E-state index contributed by atoms with van der Waals surface area (Å²) in [6, 6.07) is 0. The van der Waals surface area contributed by atoms with Crippen LogP contribution < -0.4 is 5.32 Å². The number of carbonyl (C=O) groups excluding carboxylic acids is 1. The fourth-order valence-electron chi connectivity index (χ4n) is 1.01. The molecule has 0 aliphatic carbocycles. The normalized spacial score (nSPS) is 15.2. The number of rotatable bonds is 1. The first kappa shape index (κ1) is 12.2. The highest BCUT2D eigenvalue weighted by Gasteiger charge is 2.21. The van der Waals surface area contributed by atoms with Crippen LogP contribution in [0.15, 0.2) is 16.8 Å². The average molecular weight is 227 g/mol. The Kier molecular flexibility index (Phi) is 3.26. The largest absolute Gasteiger partial charge is 0.444 e. The first-order chi connectivity index (χ1) is 7.28. The number of aliphatic imine (C=N–C) groups is 1. The van der Waals surface area contributed by atoms with Gasteiger partial charge < -0.3 is 4.74 Å². The molecule has 1 aliphatic heterocycles. The minimum absolute atomic E-state index is 0.0296. The second-order valence-corrected chi connectivity index (χ2v) is 4.22. The van der Waals surface area contributed by atoms with Crippen molar-refractivity contribution < 1.29 is 14.5 Å². The van der Waals surface area contributed by atoms with Crippen LogP contribution in [-0.2, 0) is 4.74 Å². The zero-order valence-corrected chi connectivity index (χ0v) is 9.31. The predicted molar refractivity (Wildman–Crippen MR) is 56.7 cm³/mol. The van der Waals surface area contributed by atoms with Gasteiger partial charge in [0.2, 0.25) is 0 Å². The Labute approximate surface area is 92.3 Å². The Hall–Kier alpha value is -1.92. The monoisotopic (exact) mass is 227 g/mol. The fraction of sp³-hybridized carbons (Fsp3) is 0.556. The van der Waals surface area contributed by atoms with E-state index in [2.05, 4.69) is 10.3 Å². The molecule has 1 heterocycles. The van der Waals surface area contributed by atoms with Crippen LogP contribution in [0.25, 0.3) is 0 Å². The molecule has 88 valence electrons. The van der Waals surface area contributed by atoms with Gasteiger partial charge in [0.05, 0.1) is 11.0 Å². The molecule has 0 aromatic carbocycles. The quantitative estimate of drug-likeness (QED) is 0.535. The van der Waals surface area contributed by atoms with Gasteiger partial charge in [0.15, 0.2) is 0 Å².